The van der Waals surface area contributed by atoms with Crippen LogP contribution >= 0.6 is 11.8 Å². The number of para-hydroxylation sites is 2. The molecule has 5 rings (SSSR count). The monoisotopic (exact) mass is 441 g/mol. The summed E-state index contributed by atoms with van der Waals surface area (Å²) in [5.41, 5.74) is 3.80. The highest BCUT2D eigenvalue weighted by molar-refractivity contribution is 8.18. The van der Waals surface area contributed by atoms with Gasteiger partial charge in [-0.1, -0.05) is 42.5 Å². The summed E-state index contributed by atoms with van der Waals surface area (Å²) in [5, 5.41) is 1.94. The van der Waals surface area contributed by atoms with E-state index in [4.69, 9.17) is 4.74 Å². The minimum Gasteiger partial charge on any atom is -0.457 e. The van der Waals surface area contributed by atoms with E-state index < -0.39 is 0 Å². The Morgan fingerprint density at radius 3 is 2.62 bits per heavy atom. The van der Waals surface area contributed by atoms with Crippen LogP contribution in [0.1, 0.15) is 11.1 Å². The fourth-order valence-electron chi connectivity index (χ4n) is 3.58. The number of aryl methyl sites for hydroxylation is 2. The van der Waals surface area contributed by atoms with Gasteiger partial charge in [-0.15, -0.1) is 0 Å². The third kappa shape index (κ3) is 4.29. The largest absolute Gasteiger partial charge is 0.457 e. The maximum Gasteiger partial charge on any atom is 0.290 e. The molecular formula is C25H19N3O3S. The normalized spacial score (nSPS) is 14.8. The molecule has 0 atom stereocenters. The van der Waals surface area contributed by atoms with Gasteiger partial charge in [0.15, 0.2) is 0 Å². The van der Waals surface area contributed by atoms with Crippen LogP contribution in [0.3, 0.4) is 0 Å². The van der Waals surface area contributed by atoms with Crippen molar-refractivity contribution >= 4 is 40.0 Å². The molecule has 1 fully saturated rings. The summed E-state index contributed by atoms with van der Waals surface area (Å²) in [5.74, 6) is 1.28. The first-order chi connectivity index (χ1) is 15.7. The van der Waals surface area contributed by atoms with E-state index in [2.05, 4.69) is 20.9 Å². The van der Waals surface area contributed by atoms with Crippen LogP contribution in [-0.4, -0.2) is 20.7 Å². The number of imidazole rings is 1. The van der Waals surface area contributed by atoms with Gasteiger partial charge in [-0.2, -0.15) is 0 Å². The van der Waals surface area contributed by atoms with Crippen molar-refractivity contribution in [2.24, 2.45) is 0 Å². The molecule has 6 nitrogen and oxygen atoms in total. The smallest absolute Gasteiger partial charge is 0.290 e. The predicted octanol–water partition coefficient (Wildman–Crippen LogP) is 5.40. The number of carbonyl (C=O) groups excluding carboxylic acids is 2. The number of nitrogens with zero attached hydrogens (tertiary/aromatic N) is 2. The number of nitrogens with one attached hydrogen (secondary N) is 1. The van der Waals surface area contributed by atoms with Crippen LogP contribution in [0.2, 0.25) is 0 Å². The van der Waals surface area contributed by atoms with Crippen molar-refractivity contribution in [2.45, 2.75) is 13.0 Å². The predicted molar refractivity (Wildman–Crippen MR) is 126 cm³/mol. The molecule has 0 aliphatic carbocycles. The highest BCUT2D eigenvalue weighted by Gasteiger charge is 2.25. The number of hydrogen-bond donors (Lipinski definition) is 1. The molecule has 4 aromatic rings. The Bertz CT molecular complexity index is 1350. The molecule has 0 spiro atoms. The second-order valence-corrected chi connectivity index (χ2v) is 8.33. The number of benzene rings is 3. The summed E-state index contributed by atoms with van der Waals surface area (Å²) in [6, 6.07) is 23.6. The molecule has 1 aliphatic heterocycles. The molecule has 0 radical (unpaired) electrons. The van der Waals surface area contributed by atoms with Gasteiger partial charge in [-0.3, -0.25) is 14.9 Å². The fraction of sp³-hybridized carbons (Fsp3) is 0.0800. The van der Waals surface area contributed by atoms with E-state index in [1.54, 1.807) is 6.08 Å². The van der Waals surface area contributed by atoms with Crippen LogP contribution < -0.4 is 10.1 Å². The molecular weight excluding hydrogens is 422 g/mol. The Hall–Kier alpha value is -3.84. The highest BCUT2D eigenvalue weighted by Crippen LogP contribution is 2.28. The zero-order valence-corrected chi connectivity index (χ0v) is 17.8. The molecule has 3 aromatic carbocycles. The summed E-state index contributed by atoms with van der Waals surface area (Å²) >= 11 is 0.915. The number of rotatable bonds is 6. The van der Waals surface area contributed by atoms with Crippen molar-refractivity contribution in [3.63, 3.8) is 0 Å². The zero-order valence-electron chi connectivity index (χ0n) is 17.0. The van der Waals surface area contributed by atoms with Crippen molar-refractivity contribution in [3.8, 4) is 11.5 Å². The first-order valence-electron chi connectivity index (χ1n) is 10.2. The van der Waals surface area contributed by atoms with Crippen LogP contribution in [0.15, 0.2) is 84.0 Å². The van der Waals surface area contributed by atoms with Crippen molar-refractivity contribution in [3.05, 3.63) is 95.2 Å². The summed E-state index contributed by atoms with van der Waals surface area (Å²) in [6.45, 7) is 0.722. The molecule has 1 aliphatic rings. The third-order valence-corrected chi connectivity index (χ3v) is 5.96. The summed E-state index contributed by atoms with van der Waals surface area (Å²) in [4.78, 5) is 28.1. The van der Waals surface area contributed by atoms with E-state index in [9.17, 15) is 9.59 Å². The van der Waals surface area contributed by atoms with Crippen molar-refractivity contribution in [1.29, 1.82) is 0 Å². The van der Waals surface area contributed by atoms with Gasteiger partial charge in [0.05, 0.1) is 22.3 Å². The molecule has 32 heavy (non-hydrogen) atoms. The maximum absolute atomic E-state index is 11.8. The number of amides is 2. The first kappa shape index (κ1) is 20.1. The van der Waals surface area contributed by atoms with Gasteiger partial charge < -0.3 is 9.30 Å². The van der Waals surface area contributed by atoms with E-state index in [1.165, 1.54) is 0 Å². The van der Waals surface area contributed by atoms with Gasteiger partial charge in [0.1, 0.15) is 11.5 Å². The van der Waals surface area contributed by atoms with Crippen LogP contribution in [0.4, 0.5) is 4.79 Å². The summed E-state index contributed by atoms with van der Waals surface area (Å²) < 4.78 is 8.17. The lowest BCUT2D eigenvalue weighted by atomic mass is 10.1. The average molecular weight is 442 g/mol. The number of ether oxygens (including phenoxy) is 1. The van der Waals surface area contributed by atoms with Crippen molar-refractivity contribution < 1.29 is 14.3 Å². The Kier molecular flexibility index (Phi) is 5.47. The van der Waals surface area contributed by atoms with Gasteiger partial charge >= 0.3 is 0 Å². The maximum atomic E-state index is 11.8. The standard InChI is InChI=1S/C25H19N3O3S/c29-24-23(32-25(30)27-24)15-17-10-11-20-21(14-17)28(16-26-20)13-12-18-6-4-5-9-22(18)31-19-7-2-1-3-8-19/h1-11,14-16H,12-13H2,(H,27,29,30). The number of imide groups is 1. The molecule has 1 saturated heterocycles. The molecule has 158 valence electrons. The van der Waals surface area contributed by atoms with Crippen molar-refractivity contribution in [1.82, 2.24) is 14.9 Å². The van der Waals surface area contributed by atoms with Gasteiger partial charge in [0, 0.05) is 6.54 Å². The van der Waals surface area contributed by atoms with Crippen LogP contribution in [-0.2, 0) is 17.8 Å². The highest BCUT2D eigenvalue weighted by atomic mass is 32.2. The lowest BCUT2D eigenvalue weighted by Crippen LogP contribution is -2.17. The zero-order chi connectivity index (χ0) is 21.9. The van der Waals surface area contributed by atoms with E-state index in [0.29, 0.717) is 4.91 Å². The van der Waals surface area contributed by atoms with E-state index in [0.717, 1.165) is 58.4 Å². The second kappa shape index (κ2) is 8.72. The summed E-state index contributed by atoms with van der Waals surface area (Å²) in [7, 11) is 0. The molecule has 2 amide bonds. The van der Waals surface area contributed by atoms with Gasteiger partial charge in [0.2, 0.25) is 0 Å². The fourth-order valence-corrected chi connectivity index (χ4v) is 4.26. The number of fused-ring (bicyclic) bond motifs is 1. The van der Waals surface area contributed by atoms with Gasteiger partial charge in [0.25, 0.3) is 11.1 Å². The topological polar surface area (TPSA) is 73.2 Å². The first-order valence-corrected chi connectivity index (χ1v) is 11.0. The van der Waals surface area contributed by atoms with Crippen LogP contribution in [0.25, 0.3) is 17.1 Å². The van der Waals surface area contributed by atoms with Crippen LogP contribution in [0, 0.1) is 0 Å². The van der Waals surface area contributed by atoms with E-state index >= 15 is 0 Å². The average Bonchev–Trinajstić information content (AvgIpc) is 3.35. The SMILES string of the molecule is O=C1NC(=O)C(=Cc2ccc3ncn(CCc4ccccc4Oc4ccccc4)c3c2)S1. The number of thioether (sulfide) groups is 1. The molecule has 7 heteroatoms. The minimum atomic E-state index is -0.358. The van der Waals surface area contributed by atoms with E-state index in [-0.39, 0.29) is 11.1 Å². The lowest BCUT2D eigenvalue weighted by Gasteiger charge is -2.12. The molecule has 0 saturated carbocycles. The lowest BCUT2D eigenvalue weighted by molar-refractivity contribution is -0.115. The number of aromatic nitrogens is 2. The summed E-state index contributed by atoms with van der Waals surface area (Å²) in [6.07, 6.45) is 4.32. The van der Waals surface area contributed by atoms with Gasteiger partial charge in [-0.25, -0.2) is 4.98 Å². The molecule has 1 aromatic heterocycles. The van der Waals surface area contributed by atoms with Gasteiger partial charge in [-0.05, 0) is 65.7 Å². The molecule has 0 bridgehead atoms. The number of carbonyl (C=O) groups is 2. The molecule has 0 unspecified atom stereocenters. The third-order valence-electron chi connectivity index (χ3n) is 5.15. The van der Waals surface area contributed by atoms with Crippen LogP contribution in [0.5, 0.6) is 11.5 Å². The minimum absolute atomic E-state index is 0.344. The Balaban J connectivity index is 1.37. The second-order valence-electron chi connectivity index (χ2n) is 7.31. The number of hydrogen-bond acceptors (Lipinski definition) is 5. The Morgan fingerprint density at radius 2 is 1.81 bits per heavy atom. The van der Waals surface area contributed by atoms with E-state index in [1.807, 2.05) is 73.1 Å². The quantitative estimate of drug-likeness (QED) is 0.406. The Labute approximate surface area is 188 Å². The van der Waals surface area contributed by atoms with Crippen molar-refractivity contribution in [2.75, 3.05) is 0 Å². The molecule has 2 heterocycles. The molecule has 1 N–H and O–H groups in total. The Morgan fingerprint density at radius 1 is 1.00 bits per heavy atom.